The van der Waals surface area contributed by atoms with Gasteiger partial charge in [0.25, 0.3) is 0 Å². The first kappa shape index (κ1) is 115. The summed E-state index contributed by atoms with van der Waals surface area (Å²) in [5, 5.41) is 42.6. The molecule has 0 aliphatic carbocycles. The number of rotatable bonds is 0. The van der Waals surface area contributed by atoms with Crippen molar-refractivity contribution in [3.63, 3.8) is 0 Å². The Kier molecular flexibility index (Phi) is 50.1. The monoisotopic (exact) mass is 1890 g/mol. The summed E-state index contributed by atoms with van der Waals surface area (Å²) in [6, 6.07) is 171. The molecule has 0 bridgehead atoms. The van der Waals surface area contributed by atoms with Crippen molar-refractivity contribution in [1.82, 2.24) is 0 Å². The van der Waals surface area contributed by atoms with E-state index in [1.807, 2.05) is 55.4 Å². The number of fused-ring (bicyclic) bond motifs is 12. The molecule has 25 aromatic rings. The Balaban J connectivity index is 0.000000214. The van der Waals surface area contributed by atoms with E-state index in [1.54, 1.807) is 14.2 Å². The van der Waals surface area contributed by atoms with Crippen LogP contribution in [0, 0.1) is 13.8 Å². The van der Waals surface area contributed by atoms with E-state index >= 15 is 0 Å². The first-order chi connectivity index (χ1) is 69.7. The highest BCUT2D eigenvalue weighted by molar-refractivity contribution is 6.24. The summed E-state index contributed by atoms with van der Waals surface area (Å²) in [6.07, 6.45) is 0. The van der Waals surface area contributed by atoms with Crippen molar-refractivity contribution in [1.29, 1.82) is 0 Å². The fraction of sp³-hybridized carbons (Fsp3) is 0.151. The molecule has 25 aromatic carbocycles. The van der Waals surface area contributed by atoms with Crippen LogP contribution in [0.15, 0.2) is 485 Å². The van der Waals surface area contributed by atoms with Crippen molar-refractivity contribution >= 4 is 195 Å². The van der Waals surface area contributed by atoms with Crippen LogP contribution in [0.2, 0.25) is 0 Å². The van der Waals surface area contributed by atoms with Crippen LogP contribution in [-0.2, 0) is 23.9 Å². The molecule has 0 amide bonds. The lowest BCUT2D eigenvalue weighted by Gasteiger charge is -2.09. The molecule has 0 aliphatic heterocycles. The summed E-state index contributed by atoms with van der Waals surface area (Å²) in [4.78, 5) is 37.8. The fourth-order valence-corrected chi connectivity index (χ4v) is 15.9. The van der Waals surface area contributed by atoms with Gasteiger partial charge in [0.15, 0.2) is 0 Å². The molecule has 0 fully saturated rings. The Labute approximate surface area is 856 Å². The van der Waals surface area contributed by atoms with Crippen molar-refractivity contribution in [2.75, 3.05) is 14.2 Å². The van der Waals surface area contributed by atoms with E-state index in [2.05, 4.69) is 504 Å². The normalized spacial score (nSPS) is 9.75. The van der Waals surface area contributed by atoms with Crippen molar-refractivity contribution in [3.8, 4) is 0 Å². The van der Waals surface area contributed by atoms with Crippen LogP contribution in [0.3, 0.4) is 0 Å². The first-order valence-corrected chi connectivity index (χ1v) is 49.6. The molecule has 0 radical (unpaired) electrons. The molecule has 0 N–H and O–H groups in total. The zero-order chi connectivity index (χ0) is 103. The number of aryl methyl sites for hydroxylation is 2. The maximum absolute atomic E-state index is 9.44. The number of hydrogen-bond acceptors (Lipinski definition) is 5. The standard InChI is InChI=1S/2C16H10.4C14H10.2C10H8.C8H10.4C3H6O.C2H6O.4C2H6.CH4/c2*1-3-11-7-9-13-5-2-6-14-10-8-12(4-1)15(11)16(13)14;2*1-3-7-13-11(5-1)9-10-12-6-2-4-8-14(12)13;2*1-2-6-12-10-14-8-4-3-7-13(14)9-11(12)5-1;2*1-2-6-10-8-4-3-7-9(10)5-1;1-7-5-3-4-6-8(7)2;4*1-3(2)4;1-3-2;4*1-2;/h2*1-10H;4*1-10H;2*1-8H;3-6H,1-2H3;4*1-2H3;1-2H3;4*1-2H3;1H4. The Hall–Kier alpha value is -16.2. The van der Waals surface area contributed by atoms with E-state index in [9.17, 15) is 19.2 Å². The molecular weight excluding hydrogens is 1750 g/mol. The Morgan fingerprint density at radius 1 is 0.146 bits per heavy atom. The molecule has 144 heavy (non-hydrogen) atoms. The highest BCUT2D eigenvalue weighted by Gasteiger charge is 2.09. The molecule has 0 atom stereocenters. The predicted octanol–water partition coefficient (Wildman–Crippen LogP) is 40.5. The number of carbonyl (C=O) groups is 4. The van der Waals surface area contributed by atoms with Gasteiger partial charge >= 0.3 is 0 Å². The molecule has 0 saturated heterocycles. The first-order valence-electron chi connectivity index (χ1n) is 49.6. The van der Waals surface area contributed by atoms with Gasteiger partial charge in [0, 0.05) is 14.2 Å². The van der Waals surface area contributed by atoms with Crippen molar-refractivity contribution in [2.45, 2.75) is 132 Å². The van der Waals surface area contributed by atoms with Gasteiger partial charge in [0.1, 0.15) is 23.1 Å². The minimum absolute atomic E-state index is 0. The third kappa shape index (κ3) is 35.0. The maximum Gasteiger partial charge on any atom is 0.126 e. The van der Waals surface area contributed by atoms with Gasteiger partial charge in [-0.1, -0.05) is 524 Å². The van der Waals surface area contributed by atoms with Crippen molar-refractivity contribution in [3.05, 3.63) is 496 Å². The zero-order valence-electron chi connectivity index (χ0n) is 87.2. The van der Waals surface area contributed by atoms with Gasteiger partial charge in [-0.25, -0.2) is 0 Å². The van der Waals surface area contributed by atoms with E-state index < -0.39 is 0 Å². The lowest BCUT2D eigenvalue weighted by atomic mass is 9.95. The second kappa shape index (κ2) is 62.8. The fourth-order valence-electron chi connectivity index (χ4n) is 15.9. The number of carbonyl (C=O) groups excluding carboxylic acids is 4. The summed E-state index contributed by atoms with van der Waals surface area (Å²) in [5.41, 5.74) is 2.74. The summed E-state index contributed by atoms with van der Waals surface area (Å²) >= 11 is 0. The molecular formula is C139H144O5. The van der Waals surface area contributed by atoms with E-state index in [1.165, 1.54) is 239 Å². The zero-order valence-corrected chi connectivity index (χ0v) is 87.2. The lowest BCUT2D eigenvalue weighted by Crippen LogP contribution is -1.82. The molecule has 25 rings (SSSR count). The molecule has 0 heterocycles. The van der Waals surface area contributed by atoms with Gasteiger partial charge in [-0.3, -0.25) is 0 Å². The average Bonchev–Trinajstić information content (AvgIpc) is 0.750. The van der Waals surface area contributed by atoms with Crippen molar-refractivity contribution in [2.24, 2.45) is 0 Å². The van der Waals surface area contributed by atoms with E-state index in [-0.39, 0.29) is 30.6 Å². The van der Waals surface area contributed by atoms with Gasteiger partial charge < -0.3 is 23.9 Å². The van der Waals surface area contributed by atoms with E-state index in [4.69, 9.17) is 0 Å². The largest absolute Gasteiger partial charge is 0.388 e. The van der Waals surface area contributed by atoms with Crippen LogP contribution in [0.4, 0.5) is 0 Å². The number of hydrogen-bond donors (Lipinski definition) is 0. The summed E-state index contributed by atoms with van der Waals surface area (Å²) < 4.78 is 4.25. The third-order valence-electron chi connectivity index (χ3n) is 22.1. The van der Waals surface area contributed by atoms with Crippen LogP contribution in [0.5, 0.6) is 0 Å². The van der Waals surface area contributed by atoms with E-state index in [0.29, 0.717) is 0 Å². The second-order valence-electron chi connectivity index (χ2n) is 33.5. The van der Waals surface area contributed by atoms with E-state index in [0.717, 1.165) is 0 Å². The number of Topliss-reactive ketones (excluding diaryl/α,β-unsaturated/α-hetero) is 4. The number of benzene rings is 25. The van der Waals surface area contributed by atoms with Gasteiger partial charge in [-0.05, 0) is 277 Å². The topological polar surface area (TPSA) is 77.5 Å². The Morgan fingerprint density at radius 2 is 0.243 bits per heavy atom. The molecule has 5 nitrogen and oxygen atoms in total. The summed E-state index contributed by atoms with van der Waals surface area (Å²) in [6.45, 7) is 32.5. The molecule has 5 heteroatoms. The minimum atomic E-state index is 0. The van der Waals surface area contributed by atoms with Crippen LogP contribution < -0.4 is 0 Å². The van der Waals surface area contributed by atoms with Crippen molar-refractivity contribution < 1.29 is 23.9 Å². The number of ether oxygens (including phenoxy) is 1. The van der Waals surface area contributed by atoms with Crippen LogP contribution in [0.1, 0.15) is 129 Å². The SMILES string of the molecule is C.CC.CC.CC.CC.CC(C)=O.CC(C)=O.CC(C)=O.CC(C)=O.COC.Cc1ccccc1C.c1cc2ccc3cccc4ccc(c1)c2c34.c1cc2ccc3cccc4ccc(c1)c2c34.c1ccc2c(c1)ccc1ccccc12.c1ccc2c(c1)ccc1ccccc12.c1ccc2cc3ccccc3cc2c1.c1ccc2cc3ccccc3cc2c1.c1ccc2ccccc2c1.c1ccc2ccccc2c1. The van der Waals surface area contributed by atoms with Crippen LogP contribution >= 0.6 is 0 Å². The van der Waals surface area contributed by atoms with Gasteiger partial charge in [0.2, 0.25) is 0 Å². The summed E-state index contributed by atoms with van der Waals surface area (Å²) in [5.74, 6) is 0.667. The van der Waals surface area contributed by atoms with Gasteiger partial charge in [-0.2, -0.15) is 0 Å². The highest BCUT2D eigenvalue weighted by Crippen LogP contribution is 2.37. The molecule has 0 aliphatic rings. The molecule has 0 spiro atoms. The highest BCUT2D eigenvalue weighted by atomic mass is 16.4. The maximum atomic E-state index is 9.44. The molecule has 730 valence electrons. The summed E-state index contributed by atoms with van der Waals surface area (Å²) in [7, 11) is 3.25. The molecule has 0 unspecified atom stereocenters. The number of ketones is 4. The average molecular weight is 1890 g/mol. The quantitative estimate of drug-likeness (QED) is 0.112. The Bertz CT molecular complexity index is 6910. The van der Waals surface area contributed by atoms with Crippen LogP contribution in [-0.4, -0.2) is 37.4 Å². The third-order valence-corrected chi connectivity index (χ3v) is 22.1. The molecule has 0 saturated carbocycles. The van der Waals surface area contributed by atoms with Crippen LogP contribution in [0.25, 0.3) is 172 Å². The second-order valence-corrected chi connectivity index (χ2v) is 33.5. The molecule has 0 aromatic heterocycles. The predicted molar refractivity (Wildman–Crippen MR) is 640 cm³/mol. The minimum Gasteiger partial charge on any atom is -0.388 e. The van der Waals surface area contributed by atoms with Gasteiger partial charge in [-0.15, -0.1) is 0 Å². The van der Waals surface area contributed by atoms with Gasteiger partial charge in [0.05, 0.1) is 0 Å². The lowest BCUT2D eigenvalue weighted by molar-refractivity contribution is -0.115. The smallest absolute Gasteiger partial charge is 0.126 e. The Morgan fingerprint density at radius 3 is 0.375 bits per heavy atom. The number of methoxy groups -OCH3 is 1.